The van der Waals surface area contributed by atoms with Gasteiger partial charge in [0, 0.05) is 18.8 Å². The molecule has 0 heterocycles. The molecular formula is C14H21FN2. The van der Waals surface area contributed by atoms with E-state index in [-0.39, 0.29) is 5.82 Å². The number of hydrogen-bond donors (Lipinski definition) is 1. The van der Waals surface area contributed by atoms with Crippen molar-refractivity contribution in [1.29, 1.82) is 0 Å². The van der Waals surface area contributed by atoms with Crippen LogP contribution in [0.5, 0.6) is 0 Å². The molecule has 1 saturated carbocycles. The number of nitrogens with two attached hydrogens (primary N) is 1. The fraction of sp³-hybridized carbons (Fsp3) is 0.571. The molecule has 0 aromatic heterocycles. The van der Waals surface area contributed by atoms with Gasteiger partial charge in [-0.1, -0.05) is 12.8 Å². The molecule has 1 fully saturated rings. The molecule has 0 unspecified atom stereocenters. The maximum atomic E-state index is 13.3. The van der Waals surface area contributed by atoms with Crippen LogP contribution in [0.25, 0.3) is 0 Å². The van der Waals surface area contributed by atoms with E-state index in [0.29, 0.717) is 12.6 Å². The van der Waals surface area contributed by atoms with E-state index < -0.39 is 0 Å². The number of hydrogen-bond acceptors (Lipinski definition) is 2. The van der Waals surface area contributed by atoms with E-state index >= 15 is 0 Å². The minimum atomic E-state index is -0.169. The molecular weight excluding hydrogens is 215 g/mol. The molecule has 0 saturated heterocycles. The van der Waals surface area contributed by atoms with Crippen molar-refractivity contribution in [1.82, 2.24) is 0 Å². The zero-order valence-corrected chi connectivity index (χ0v) is 10.5. The number of nitrogens with zero attached hydrogens (tertiary/aromatic N) is 1. The highest BCUT2D eigenvalue weighted by molar-refractivity contribution is 5.54. The van der Waals surface area contributed by atoms with E-state index in [9.17, 15) is 4.39 Å². The molecule has 2 N–H and O–H groups in total. The standard InChI is InChI=1S/C14H21FN2/c1-17(13-4-2-3-5-13)14-7-6-12(15)10-11(14)8-9-16/h6-7,10,13H,2-5,8-9,16H2,1H3. The Labute approximate surface area is 103 Å². The summed E-state index contributed by atoms with van der Waals surface area (Å²) < 4.78 is 13.3. The van der Waals surface area contributed by atoms with Crippen molar-refractivity contribution in [2.24, 2.45) is 5.73 Å². The lowest BCUT2D eigenvalue weighted by molar-refractivity contribution is 0.620. The molecule has 17 heavy (non-hydrogen) atoms. The Morgan fingerprint density at radius 1 is 1.35 bits per heavy atom. The number of benzene rings is 1. The number of rotatable bonds is 4. The Morgan fingerprint density at radius 3 is 2.71 bits per heavy atom. The summed E-state index contributed by atoms with van der Waals surface area (Å²) in [6.07, 6.45) is 5.85. The van der Waals surface area contributed by atoms with E-state index in [4.69, 9.17) is 5.73 Å². The summed E-state index contributed by atoms with van der Waals surface area (Å²) in [5.74, 6) is -0.169. The van der Waals surface area contributed by atoms with E-state index in [1.54, 1.807) is 12.1 Å². The lowest BCUT2D eigenvalue weighted by Gasteiger charge is -2.28. The maximum Gasteiger partial charge on any atom is 0.123 e. The normalized spacial score (nSPS) is 16.4. The van der Waals surface area contributed by atoms with Crippen LogP contribution in [0.4, 0.5) is 10.1 Å². The molecule has 0 radical (unpaired) electrons. The fourth-order valence-corrected chi connectivity index (χ4v) is 2.74. The summed E-state index contributed by atoms with van der Waals surface area (Å²) in [5, 5.41) is 0. The minimum absolute atomic E-state index is 0.169. The van der Waals surface area contributed by atoms with Crippen molar-refractivity contribution in [3.8, 4) is 0 Å². The molecule has 1 aliphatic rings. The van der Waals surface area contributed by atoms with Gasteiger partial charge >= 0.3 is 0 Å². The van der Waals surface area contributed by atoms with Crippen molar-refractivity contribution in [3.63, 3.8) is 0 Å². The smallest absolute Gasteiger partial charge is 0.123 e. The molecule has 0 atom stereocenters. The highest BCUT2D eigenvalue weighted by Gasteiger charge is 2.21. The molecule has 1 aromatic rings. The molecule has 2 rings (SSSR count). The van der Waals surface area contributed by atoms with Gasteiger partial charge in [-0.3, -0.25) is 0 Å². The lowest BCUT2D eigenvalue weighted by Crippen LogP contribution is -2.30. The third kappa shape index (κ3) is 2.78. The molecule has 0 bridgehead atoms. The van der Waals surface area contributed by atoms with Gasteiger partial charge in [-0.15, -0.1) is 0 Å². The predicted molar refractivity (Wildman–Crippen MR) is 69.8 cm³/mol. The molecule has 1 aliphatic carbocycles. The zero-order valence-electron chi connectivity index (χ0n) is 10.5. The Kier molecular flexibility index (Phi) is 4.00. The van der Waals surface area contributed by atoms with Crippen LogP contribution in [-0.4, -0.2) is 19.6 Å². The highest BCUT2D eigenvalue weighted by Crippen LogP contribution is 2.29. The van der Waals surface area contributed by atoms with Crippen LogP contribution in [0.2, 0.25) is 0 Å². The first kappa shape index (κ1) is 12.4. The van der Waals surface area contributed by atoms with Crippen molar-refractivity contribution in [2.45, 2.75) is 38.1 Å². The maximum absolute atomic E-state index is 13.3. The Balaban J connectivity index is 2.23. The van der Waals surface area contributed by atoms with Gasteiger partial charge in [-0.05, 0) is 49.6 Å². The first-order chi connectivity index (χ1) is 8.22. The molecule has 0 amide bonds. The van der Waals surface area contributed by atoms with Crippen LogP contribution in [0.1, 0.15) is 31.2 Å². The monoisotopic (exact) mass is 236 g/mol. The molecule has 0 spiro atoms. The number of halogens is 1. The average Bonchev–Trinajstić information content (AvgIpc) is 2.82. The predicted octanol–water partition coefficient (Wildman–Crippen LogP) is 2.71. The van der Waals surface area contributed by atoms with Crippen molar-refractivity contribution in [2.75, 3.05) is 18.5 Å². The summed E-state index contributed by atoms with van der Waals surface area (Å²) >= 11 is 0. The molecule has 2 nitrogen and oxygen atoms in total. The quantitative estimate of drug-likeness (QED) is 0.871. The van der Waals surface area contributed by atoms with Crippen molar-refractivity contribution < 1.29 is 4.39 Å². The third-order valence-electron chi connectivity index (χ3n) is 3.71. The van der Waals surface area contributed by atoms with Gasteiger partial charge in [0.15, 0.2) is 0 Å². The minimum Gasteiger partial charge on any atom is -0.371 e. The van der Waals surface area contributed by atoms with Crippen LogP contribution in [0, 0.1) is 5.82 Å². The van der Waals surface area contributed by atoms with E-state index in [1.807, 2.05) is 6.07 Å². The molecule has 94 valence electrons. The summed E-state index contributed by atoms with van der Waals surface area (Å²) in [5.41, 5.74) is 7.76. The van der Waals surface area contributed by atoms with Crippen LogP contribution in [0.3, 0.4) is 0 Å². The van der Waals surface area contributed by atoms with Gasteiger partial charge < -0.3 is 10.6 Å². The molecule has 1 aromatic carbocycles. The second-order valence-electron chi connectivity index (χ2n) is 4.86. The van der Waals surface area contributed by atoms with Gasteiger partial charge in [0.05, 0.1) is 0 Å². The lowest BCUT2D eigenvalue weighted by atomic mass is 10.1. The zero-order chi connectivity index (χ0) is 12.3. The van der Waals surface area contributed by atoms with Crippen LogP contribution in [-0.2, 0) is 6.42 Å². The SMILES string of the molecule is CN(c1ccc(F)cc1CCN)C1CCCC1. The summed E-state index contributed by atoms with van der Waals surface area (Å²) in [4.78, 5) is 2.30. The van der Waals surface area contributed by atoms with Gasteiger partial charge in [0.25, 0.3) is 0 Å². The van der Waals surface area contributed by atoms with E-state index in [1.165, 1.54) is 25.7 Å². The van der Waals surface area contributed by atoms with E-state index in [0.717, 1.165) is 17.7 Å². The number of anilines is 1. The van der Waals surface area contributed by atoms with Crippen LogP contribution in [0.15, 0.2) is 18.2 Å². The Bertz CT molecular complexity index is 372. The molecule has 3 heteroatoms. The van der Waals surface area contributed by atoms with Gasteiger partial charge in [0.1, 0.15) is 5.82 Å². The van der Waals surface area contributed by atoms with Gasteiger partial charge in [0.2, 0.25) is 0 Å². The van der Waals surface area contributed by atoms with Crippen molar-refractivity contribution in [3.05, 3.63) is 29.6 Å². The molecule has 0 aliphatic heterocycles. The average molecular weight is 236 g/mol. The largest absolute Gasteiger partial charge is 0.371 e. The highest BCUT2D eigenvalue weighted by atomic mass is 19.1. The van der Waals surface area contributed by atoms with Crippen LogP contribution < -0.4 is 10.6 Å². The summed E-state index contributed by atoms with van der Waals surface area (Å²) in [6.45, 7) is 0.564. The fourth-order valence-electron chi connectivity index (χ4n) is 2.74. The Hall–Kier alpha value is -1.09. The third-order valence-corrected chi connectivity index (χ3v) is 3.71. The van der Waals surface area contributed by atoms with Gasteiger partial charge in [-0.25, -0.2) is 4.39 Å². The van der Waals surface area contributed by atoms with E-state index in [2.05, 4.69) is 11.9 Å². The first-order valence-corrected chi connectivity index (χ1v) is 6.43. The van der Waals surface area contributed by atoms with Crippen LogP contribution >= 0.6 is 0 Å². The topological polar surface area (TPSA) is 29.3 Å². The summed E-state index contributed by atoms with van der Waals surface area (Å²) in [6, 6.07) is 5.66. The first-order valence-electron chi connectivity index (χ1n) is 6.43. The van der Waals surface area contributed by atoms with Gasteiger partial charge in [-0.2, -0.15) is 0 Å². The van der Waals surface area contributed by atoms with Crippen molar-refractivity contribution >= 4 is 5.69 Å². The Morgan fingerprint density at radius 2 is 2.06 bits per heavy atom. The second kappa shape index (κ2) is 5.50. The summed E-state index contributed by atoms with van der Waals surface area (Å²) in [7, 11) is 2.11. The second-order valence-corrected chi connectivity index (χ2v) is 4.86.